The van der Waals surface area contributed by atoms with Gasteiger partial charge >= 0.3 is 0 Å². The molecule has 17 heavy (non-hydrogen) atoms. The molecular formula is C11H21N5O. The van der Waals surface area contributed by atoms with Crippen LogP contribution in [-0.4, -0.2) is 25.8 Å². The summed E-state index contributed by atoms with van der Waals surface area (Å²) in [7, 11) is 0. The predicted octanol–water partition coefficient (Wildman–Crippen LogP) is 1.49. The van der Waals surface area contributed by atoms with E-state index in [4.69, 9.17) is 10.9 Å². The van der Waals surface area contributed by atoms with Crippen LogP contribution in [0.15, 0.2) is 5.16 Å². The van der Waals surface area contributed by atoms with Crippen molar-refractivity contribution in [2.45, 2.75) is 52.5 Å². The second-order valence-corrected chi connectivity index (χ2v) is 3.95. The Bertz CT molecular complexity index is 385. The highest BCUT2D eigenvalue weighted by molar-refractivity contribution is 5.79. The van der Waals surface area contributed by atoms with E-state index in [1.165, 1.54) is 0 Å². The molecule has 0 aliphatic rings. The second-order valence-electron chi connectivity index (χ2n) is 3.95. The lowest BCUT2D eigenvalue weighted by Crippen LogP contribution is -2.21. The Kier molecular flexibility index (Phi) is 4.93. The summed E-state index contributed by atoms with van der Waals surface area (Å²) in [5, 5.41) is 16.1. The summed E-state index contributed by atoms with van der Waals surface area (Å²) in [5.74, 6) is 2.03. The topological polar surface area (TPSA) is 89.3 Å². The summed E-state index contributed by atoms with van der Waals surface area (Å²) in [4.78, 5) is 4.46. The Morgan fingerprint density at radius 2 is 2.12 bits per heavy atom. The van der Waals surface area contributed by atoms with Gasteiger partial charge in [-0.25, -0.2) is 9.67 Å². The smallest absolute Gasteiger partial charge is 0.150 e. The highest BCUT2D eigenvalue weighted by Crippen LogP contribution is 2.17. The molecule has 0 spiro atoms. The molecule has 1 aromatic rings. The molecule has 6 heteroatoms. The van der Waals surface area contributed by atoms with E-state index in [2.05, 4.69) is 29.1 Å². The molecule has 0 aromatic carbocycles. The van der Waals surface area contributed by atoms with E-state index >= 15 is 0 Å². The third-order valence-electron chi connectivity index (χ3n) is 2.77. The Labute approximate surface area is 102 Å². The van der Waals surface area contributed by atoms with Gasteiger partial charge in [-0.05, 0) is 6.42 Å². The monoisotopic (exact) mass is 239 g/mol. The van der Waals surface area contributed by atoms with Gasteiger partial charge in [0, 0.05) is 19.3 Å². The van der Waals surface area contributed by atoms with Crippen molar-refractivity contribution in [2.75, 3.05) is 0 Å². The zero-order valence-corrected chi connectivity index (χ0v) is 10.7. The molecule has 1 rings (SSSR count). The van der Waals surface area contributed by atoms with Crippen molar-refractivity contribution in [1.29, 1.82) is 0 Å². The molecule has 96 valence electrons. The van der Waals surface area contributed by atoms with Crippen molar-refractivity contribution in [2.24, 2.45) is 10.9 Å². The Morgan fingerprint density at radius 3 is 2.59 bits per heavy atom. The largest absolute Gasteiger partial charge is 0.409 e. The van der Waals surface area contributed by atoms with Crippen LogP contribution in [0, 0.1) is 0 Å². The van der Waals surface area contributed by atoms with Crippen LogP contribution in [0.1, 0.15) is 51.3 Å². The van der Waals surface area contributed by atoms with Crippen LogP contribution in [-0.2, 0) is 12.8 Å². The minimum absolute atomic E-state index is 0.105. The average molecular weight is 239 g/mol. The number of hydrogen-bond donors (Lipinski definition) is 2. The number of amidine groups is 1. The van der Waals surface area contributed by atoms with Gasteiger partial charge in [-0.3, -0.25) is 0 Å². The van der Waals surface area contributed by atoms with Crippen molar-refractivity contribution >= 4 is 5.84 Å². The summed E-state index contributed by atoms with van der Waals surface area (Å²) < 4.78 is 1.91. The third kappa shape index (κ3) is 3.18. The Hall–Kier alpha value is -1.59. The van der Waals surface area contributed by atoms with Crippen molar-refractivity contribution in [3.05, 3.63) is 11.6 Å². The first-order valence-electron chi connectivity index (χ1n) is 6.06. The quantitative estimate of drug-likeness (QED) is 0.340. The van der Waals surface area contributed by atoms with Crippen molar-refractivity contribution in [3.63, 3.8) is 0 Å². The summed E-state index contributed by atoms with van der Waals surface area (Å²) in [6.45, 7) is 6.14. The van der Waals surface area contributed by atoms with Crippen molar-refractivity contribution < 1.29 is 5.21 Å². The minimum atomic E-state index is 0.105. The maximum atomic E-state index is 8.62. The van der Waals surface area contributed by atoms with Gasteiger partial charge in [0.15, 0.2) is 5.82 Å². The van der Waals surface area contributed by atoms with Gasteiger partial charge in [-0.15, -0.1) is 0 Å². The summed E-state index contributed by atoms with van der Waals surface area (Å²) in [6.07, 6.45) is 3.02. The molecule has 0 amide bonds. The summed E-state index contributed by atoms with van der Waals surface area (Å²) in [5.41, 5.74) is 5.56. The molecule has 1 unspecified atom stereocenters. The molecule has 3 N–H and O–H groups in total. The van der Waals surface area contributed by atoms with E-state index in [1.807, 2.05) is 11.6 Å². The summed E-state index contributed by atoms with van der Waals surface area (Å²) >= 11 is 0. The van der Waals surface area contributed by atoms with Crippen LogP contribution in [0.2, 0.25) is 0 Å². The number of oxime groups is 1. The average Bonchev–Trinajstić information content (AvgIpc) is 2.78. The minimum Gasteiger partial charge on any atom is -0.409 e. The van der Waals surface area contributed by atoms with E-state index < -0.39 is 0 Å². The van der Waals surface area contributed by atoms with Crippen LogP contribution in [0.25, 0.3) is 0 Å². The van der Waals surface area contributed by atoms with Gasteiger partial charge in [0.25, 0.3) is 0 Å². The molecule has 0 radical (unpaired) electrons. The van der Waals surface area contributed by atoms with Gasteiger partial charge in [-0.2, -0.15) is 5.10 Å². The van der Waals surface area contributed by atoms with Crippen molar-refractivity contribution in [3.8, 4) is 0 Å². The number of rotatable bonds is 6. The molecule has 1 aromatic heterocycles. The van der Waals surface area contributed by atoms with Crippen LogP contribution in [0.5, 0.6) is 0 Å². The SMILES string of the molecule is CCc1nc(CC)n(C(CC)CC(N)=NO)n1. The molecule has 1 atom stereocenters. The fraction of sp³-hybridized carbons (Fsp3) is 0.727. The second kappa shape index (κ2) is 6.22. The highest BCUT2D eigenvalue weighted by atomic mass is 16.4. The number of aromatic nitrogens is 3. The van der Waals surface area contributed by atoms with E-state index in [0.717, 1.165) is 30.9 Å². The van der Waals surface area contributed by atoms with E-state index in [-0.39, 0.29) is 11.9 Å². The molecule has 0 saturated carbocycles. The van der Waals surface area contributed by atoms with Crippen LogP contribution >= 0.6 is 0 Å². The molecule has 0 aliphatic heterocycles. The maximum absolute atomic E-state index is 8.62. The van der Waals surface area contributed by atoms with E-state index in [1.54, 1.807) is 0 Å². The summed E-state index contributed by atoms with van der Waals surface area (Å²) in [6, 6.07) is 0.105. The molecule has 6 nitrogen and oxygen atoms in total. The molecular weight excluding hydrogens is 218 g/mol. The van der Waals surface area contributed by atoms with Gasteiger partial charge in [0.05, 0.1) is 6.04 Å². The van der Waals surface area contributed by atoms with Crippen LogP contribution in [0.3, 0.4) is 0 Å². The lowest BCUT2D eigenvalue weighted by Gasteiger charge is -2.16. The first-order valence-corrected chi connectivity index (χ1v) is 6.06. The van der Waals surface area contributed by atoms with E-state index in [0.29, 0.717) is 6.42 Å². The number of aryl methyl sites for hydroxylation is 2. The molecule has 0 fully saturated rings. The van der Waals surface area contributed by atoms with Gasteiger partial charge < -0.3 is 10.9 Å². The van der Waals surface area contributed by atoms with Crippen molar-refractivity contribution in [1.82, 2.24) is 14.8 Å². The van der Waals surface area contributed by atoms with E-state index in [9.17, 15) is 0 Å². The zero-order valence-electron chi connectivity index (χ0n) is 10.7. The predicted molar refractivity (Wildman–Crippen MR) is 66.1 cm³/mol. The van der Waals surface area contributed by atoms with Gasteiger partial charge in [-0.1, -0.05) is 25.9 Å². The highest BCUT2D eigenvalue weighted by Gasteiger charge is 2.17. The Morgan fingerprint density at radius 1 is 1.41 bits per heavy atom. The normalized spacial score (nSPS) is 13.9. The van der Waals surface area contributed by atoms with Crippen LogP contribution < -0.4 is 5.73 Å². The molecule has 1 heterocycles. The number of nitrogens with two attached hydrogens (primary N) is 1. The standard InChI is InChI=1S/C11H21N5O/c1-4-8(7-9(12)15-17)16-11(6-3)13-10(5-2)14-16/h8,17H,4-7H2,1-3H3,(H2,12,15). The molecule has 0 aliphatic carbocycles. The Balaban J connectivity index is 2.97. The number of nitrogens with zero attached hydrogens (tertiary/aromatic N) is 4. The molecule has 0 saturated heterocycles. The van der Waals surface area contributed by atoms with Gasteiger partial charge in [0.1, 0.15) is 11.7 Å². The van der Waals surface area contributed by atoms with Crippen LogP contribution in [0.4, 0.5) is 0 Å². The first kappa shape index (κ1) is 13.5. The lowest BCUT2D eigenvalue weighted by atomic mass is 10.1. The van der Waals surface area contributed by atoms with Gasteiger partial charge in [0.2, 0.25) is 0 Å². The fourth-order valence-electron chi connectivity index (χ4n) is 1.77. The fourth-order valence-corrected chi connectivity index (χ4v) is 1.77. The lowest BCUT2D eigenvalue weighted by molar-refractivity contribution is 0.314. The first-order chi connectivity index (χ1) is 8.15. The maximum Gasteiger partial charge on any atom is 0.150 e. The number of hydrogen-bond acceptors (Lipinski definition) is 4. The molecule has 0 bridgehead atoms. The zero-order chi connectivity index (χ0) is 12.8. The third-order valence-corrected chi connectivity index (χ3v) is 2.77.